The van der Waals surface area contributed by atoms with Crippen molar-refractivity contribution < 1.29 is 23.7 Å². The first kappa shape index (κ1) is 22.8. The number of aromatic nitrogens is 1. The summed E-state index contributed by atoms with van der Waals surface area (Å²) in [6.07, 6.45) is 0.537. The summed E-state index contributed by atoms with van der Waals surface area (Å²) >= 11 is 0. The first-order chi connectivity index (χ1) is 17.1. The number of hydrogen-bond donors (Lipinski definition) is 2. The second kappa shape index (κ2) is 9.72. The molecule has 180 valence electrons. The monoisotopic (exact) mass is 472 g/mol. The van der Waals surface area contributed by atoms with Gasteiger partial charge in [-0.05, 0) is 34.9 Å². The van der Waals surface area contributed by atoms with Crippen LogP contribution in [0.4, 0.5) is 0 Å². The summed E-state index contributed by atoms with van der Waals surface area (Å²) in [7, 11) is 4.62. The van der Waals surface area contributed by atoms with Gasteiger partial charge in [-0.3, -0.25) is 10.1 Å². The van der Waals surface area contributed by atoms with Gasteiger partial charge in [0.1, 0.15) is 12.6 Å². The Kier molecular flexibility index (Phi) is 6.33. The molecule has 0 unspecified atom stereocenters. The van der Waals surface area contributed by atoms with E-state index in [1.54, 1.807) is 14.2 Å². The number of nitrogens with one attached hydrogen (secondary N) is 2. The number of benzene rings is 3. The molecule has 0 fully saturated rings. The molecule has 7 heteroatoms. The number of aromatic amines is 1. The fourth-order valence-corrected chi connectivity index (χ4v) is 4.73. The molecule has 1 aromatic heterocycles. The van der Waals surface area contributed by atoms with Crippen LogP contribution in [0.2, 0.25) is 0 Å². The molecule has 2 heterocycles. The Morgan fingerprint density at radius 1 is 0.943 bits per heavy atom. The summed E-state index contributed by atoms with van der Waals surface area (Å²) in [6, 6.07) is 21.1. The Labute approximate surface area is 204 Å². The van der Waals surface area contributed by atoms with Crippen LogP contribution in [0.5, 0.6) is 17.2 Å². The number of hydrogen-bond acceptors (Lipinski definition) is 6. The van der Waals surface area contributed by atoms with Crippen LogP contribution in [0.25, 0.3) is 10.9 Å². The molecule has 0 saturated heterocycles. The second-order valence-electron chi connectivity index (χ2n) is 8.47. The maximum atomic E-state index is 12.6. The number of carbonyl (C=O) groups excluding carboxylic acids is 1. The standard InChI is InChI=1S/C28H28N2O5/c1-32-23-13-18(14-24(33-2)27(23)35-16-17-9-5-4-6-10-17)25-26-20(15-22(30-25)28(31)34-3)19-11-7-8-12-21(19)29-26/h4-14,22,25,29-30H,15-16H2,1-3H3/t22-,25+/m0/s1. The van der Waals surface area contributed by atoms with Gasteiger partial charge in [-0.15, -0.1) is 0 Å². The highest BCUT2D eigenvalue weighted by Gasteiger charge is 2.35. The molecular formula is C28H28N2O5. The van der Waals surface area contributed by atoms with Crippen molar-refractivity contribution in [2.24, 2.45) is 0 Å². The van der Waals surface area contributed by atoms with Crippen LogP contribution in [0, 0.1) is 0 Å². The highest BCUT2D eigenvalue weighted by atomic mass is 16.5. The van der Waals surface area contributed by atoms with Gasteiger partial charge in [0.25, 0.3) is 0 Å². The van der Waals surface area contributed by atoms with E-state index < -0.39 is 6.04 Å². The smallest absolute Gasteiger partial charge is 0.323 e. The molecule has 1 aliphatic heterocycles. The molecule has 2 N–H and O–H groups in total. The molecule has 2 atom stereocenters. The zero-order chi connectivity index (χ0) is 24.4. The lowest BCUT2D eigenvalue weighted by molar-refractivity contribution is -0.143. The normalized spacial score (nSPS) is 17.0. The molecule has 7 nitrogen and oxygen atoms in total. The van der Waals surface area contributed by atoms with E-state index in [0.29, 0.717) is 30.3 Å². The van der Waals surface area contributed by atoms with Crippen molar-refractivity contribution in [3.8, 4) is 17.2 Å². The summed E-state index contributed by atoms with van der Waals surface area (Å²) in [4.78, 5) is 16.1. The van der Waals surface area contributed by atoms with Crippen LogP contribution < -0.4 is 19.5 Å². The number of esters is 1. The number of carbonyl (C=O) groups is 1. The molecule has 0 saturated carbocycles. The second-order valence-corrected chi connectivity index (χ2v) is 8.47. The number of fused-ring (bicyclic) bond motifs is 3. The van der Waals surface area contributed by atoms with E-state index in [4.69, 9.17) is 18.9 Å². The first-order valence-electron chi connectivity index (χ1n) is 11.5. The van der Waals surface area contributed by atoms with E-state index in [1.807, 2.05) is 60.7 Å². The summed E-state index contributed by atoms with van der Waals surface area (Å²) in [6.45, 7) is 0.380. The van der Waals surface area contributed by atoms with Crippen molar-refractivity contribution in [3.63, 3.8) is 0 Å². The largest absolute Gasteiger partial charge is 0.493 e. The molecular weight excluding hydrogens is 444 g/mol. The average molecular weight is 473 g/mol. The molecule has 0 bridgehead atoms. The number of methoxy groups -OCH3 is 3. The molecule has 0 radical (unpaired) electrons. The molecule has 0 amide bonds. The SMILES string of the molecule is COC(=O)[C@@H]1Cc2c([nH]c3ccccc23)[C@@H](c2cc(OC)c(OCc3ccccc3)c(OC)c2)N1. The van der Waals surface area contributed by atoms with Gasteiger partial charge in [-0.2, -0.15) is 0 Å². The molecule has 1 aliphatic rings. The van der Waals surface area contributed by atoms with Crippen LogP contribution in [-0.4, -0.2) is 38.3 Å². The zero-order valence-corrected chi connectivity index (χ0v) is 20.0. The van der Waals surface area contributed by atoms with Crippen molar-refractivity contribution >= 4 is 16.9 Å². The van der Waals surface area contributed by atoms with Gasteiger partial charge in [0.2, 0.25) is 5.75 Å². The summed E-state index contributed by atoms with van der Waals surface area (Å²) < 4.78 is 22.6. The van der Waals surface area contributed by atoms with E-state index in [0.717, 1.165) is 33.3 Å². The van der Waals surface area contributed by atoms with E-state index in [2.05, 4.69) is 16.4 Å². The van der Waals surface area contributed by atoms with Crippen LogP contribution >= 0.6 is 0 Å². The molecule has 0 spiro atoms. The highest BCUT2D eigenvalue weighted by Crippen LogP contribution is 2.43. The van der Waals surface area contributed by atoms with Gasteiger partial charge < -0.3 is 23.9 Å². The number of H-pyrrole nitrogens is 1. The van der Waals surface area contributed by atoms with Crippen LogP contribution in [0.15, 0.2) is 66.7 Å². The summed E-state index contributed by atoms with van der Waals surface area (Å²) in [5.74, 6) is 1.33. The average Bonchev–Trinajstić information content (AvgIpc) is 3.29. The van der Waals surface area contributed by atoms with Crippen molar-refractivity contribution in [1.82, 2.24) is 10.3 Å². The van der Waals surface area contributed by atoms with Gasteiger partial charge in [-0.25, -0.2) is 0 Å². The van der Waals surface area contributed by atoms with Gasteiger partial charge in [0.05, 0.1) is 27.4 Å². The number of rotatable bonds is 7. The minimum atomic E-state index is -0.484. The van der Waals surface area contributed by atoms with Gasteiger partial charge >= 0.3 is 5.97 Å². The lowest BCUT2D eigenvalue weighted by Crippen LogP contribution is -2.45. The lowest BCUT2D eigenvalue weighted by Gasteiger charge is -2.31. The van der Waals surface area contributed by atoms with Gasteiger partial charge in [0.15, 0.2) is 11.5 Å². The number of ether oxygens (including phenoxy) is 4. The summed E-state index contributed by atoms with van der Waals surface area (Å²) in [5, 5.41) is 4.56. The Balaban J connectivity index is 1.57. The minimum absolute atomic E-state index is 0.298. The summed E-state index contributed by atoms with van der Waals surface area (Å²) in [5.41, 5.74) is 5.05. The molecule has 0 aliphatic carbocycles. The highest BCUT2D eigenvalue weighted by molar-refractivity contribution is 5.87. The molecule has 5 rings (SSSR count). The van der Waals surface area contributed by atoms with Gasteiger partial charge in [-0.1, -0.05) is 48.5 Å². The maximum absolute atomic E-state index is 12.6. The number of para-hydroxylation sites is 1. The minimum Gasteiger partial charge on any atom is -0.493 e. The maximum Gasteiger partial charge on any atom is 0.323 e. The lowest BCUT2D eigenvalue weighted by atomic mass is 9.90. The Morgan fingerprint density at radius 3 is 2.31 bits per heavy atom. The Morgan fingerprint density at radius 2 is 1.63 bits per heavy atom. The van der Waals surface area contributed by atoms with E-state index in [-0.39, 0.29) is 12.0 Å². The van der Waals surface area contributed by atoms with Gasteiger partial charge in [0, 0.05) is 23.0 Å². The molecule has 35 heavy (non-hydrogen) atoms. The fourth-order valence-electron chi connectivity index (χ4n) is 4.73. The third-order valence-corrected chi connectivity index (χ3v) is 6.44. The molecule has 3 aromatic carbocycles. The molecule has 4 aromatic rings. The third-order valence-electron chi connectivity index (χ3n) is 6.44. The van der Waals surface area contributed by atoms with Crippen molar-refractivity contribution in [1.29, 1.82) is 0 Å². The predicted molar refractivity (Wildman–Crippen MR) is 133 cm³/mol. The van der Waals surface area contributed by atoms with Crippen molar-refractivity contribution in [3.05, 3.63) is 89.1 Å². The quantitative estimate of drug-likeness (QED) is 0.385. The van der Waals surface area contributed by atoms with Crippen LogP contribution in [0.1, 0.15) is 28.4 Å². The van der Waals surface area contributed by atoms with Crippen LogP contribution in [-0.2, 0) is 22.6 Å². The predicted octanol–water partition coefficient (Wildman–Crippen LogP) is 4.54. The van der Waals surface area contributed by atoms with E-state index in [1.165, 1.54) is 7.11 Å². The zero-order valence-electron chi connectivity index (χ0n) is 20.0. The third kappa shape index (κ3) is 4.31. The van der Waals surface area contributed by atoms with Crippen molar-refractivity contribution in [2.75, 3.05) is 21.3 Å². The fraction of sp³-hybridized carbons (Fsp3) is 0.250. The van der Waals surface area contributed by atoms with Crippen molar-refractivity contribution in [2.45, 2.75) is 25.1 Å². The topological polar surface area (TPSA) is 81.8 Å². The van der Waals surface area contributed by atoms with Crippen LogP contribution in [0.3, 0.4) is 0 Å². The Hall–Kier alpha value is -3.97. The van der Waals surface area contributed by atoms with E-state index in [9.17, 15) is 4.79 Å². The Bertz CT molecular complexity index is 1320. The van der Waals surface area contributed by atoms with E-state index >= 15 is 0 Å². The first-order valence-corrected chi connectivity index (χ1v) is 11.5.